The molecule has 0 spiro atoms. The number of rotatable bonds is 9. The number of amides is 1. The zero-order valence-corrected chi connectivity index (χ0v) is 23.4. The Labute approximate surface area is 233 Å². The van der Waals surface area contributed by atoms with Crippen molar-refractivity contribution in [1.29, 1.82) is 0 Å². The second-order valence-corrected chi connectivity index (χ2v) is 9.88. The fraction of sp³-hybridized carbons (Fsp3) is 0.214. The third-order valence-corrected chi connectivity index (χ3v) is 6.58. The van der Waals surface area contributed by atoms with Gasteiger partial charge in [0.2, 0.25) is 0 Å². The zero-order valence-electron chi connectivity index (χ0n) is 21.1. The topological polar surface area (TPSA) is 94.8 Å². The Bertz CT molecular complexity index is 1560. The van der Waals surface area contributed by atoms with E-state index in [1.165, 1.54) is 18.0 Å². The molecule has 0 fully saturated rings. The Morgan fingerprint density at radius 1 is 1.21 bits per heavy atom. The van der Waals surface area contributed by atoms with Crippen LogP contribution >= 0.6 is 27.5 Å². The molecule has 4 rings (SSSR count). The molecule has 0 saturated carbocycles. The van der Waals surface area contributed by atoms with Gasteiger partial charge in [-0.1, -0.05) is 59.6 Å². The van der Waals surface area contributed by atoms with Crippen molar-refractivity contribution in [3.05, 3.63) is 91.9 Å². The molecular weight excluding hydrogens is 572 g/mol. The summed E-state index contributed by atoms with van der Waals surface area (Å²) in [6.07, 6.45) is 2.22. The minimum atomic E-state index is -0.351. The summed E-state index contributed by atoms with van der Waals surface area (Å²) < 4.78 is 13.4. The maximum absolute atomic E-state index is 13.5. The molecule has 0 aliphatic carbocycles. The van der Waals surface area contributed by atoms with Gasteiger partial charge in [-0.15, -0.1) is 0 Å². The summed E-state index contributed by atoms with van der Waals surface area (Å²) in [6, 6.07) is 17.6. The third-order valence-electron chi connectivity index (χ3n) is 5.87. The number of anilines is 1. The molecule has 1 atom stereocenters. The van der Waals surface area contributed by atoms with Crippen LogP contribution in [-0.4, -0.2) is 35.5 Å². The first kappa shape index (κ1) is 27.3. The molecule has 4 aromatic rings. The standard InChI is InChI=1S/C28H26BrClN4O4/c1-4-17(2)27-33-23-11-10-19(29)13-22(23)28(36)34(27)31-15-18-12-20(30)14-24(37-3)26(18)38-16-25(35)32-21-8-6-5-7-9-21/h5-15,17H,4,16H2,1-3H3,(H,32,35)/t17-/m1/s1. The normalized spacial score (nSPS) is 12.0. The molecule has 0 aliphatic rings. The molecule has 1 N–H and O–H groups in total. The van der Waals surface area contributed by atoms with Crippen molar-refractivity contribution in [2.45, 2.75) is 26.2 Å². The van der Waals surface area contributed by atoms with Gasteiger partial charge in [0, 0.05) is 32.7 Å². The van der Waals surface area contributed by atoms with Crippen molar-refractivity contribution in [2.75, 3.05) is 19.0 Å². The van der Waals surface area contributed by atoms with E-state index in [2.05, 4.69) is 26.3 Å². The van der Waals surface area contributed by atoms with Crippen LogP contribution in [0.25, 0.3) is 10.9 Å². The smallest absolute Gasteiger partial charge is 0.282 e. The van der Waals surface area contributed by atoms with E-state index < -0.39 is 0 Å². The minimum absolute atomic E-state index is 0.0285. The van der Waals surface area contributed by atoms with E-state index in [0.717, 1.165) is 10.9 Å². The van der Waals surface area contributed by atoms with E-state index in [-0.39, 0.29) is 29.7 Å². The molecule has 3 aromatic carbocycles. The van der Waals surface area contributed by atoms with Gasteiger partial charge in [0.05, 0.1) is 24.2 Å². The van der Waals surface area contributed by atoms with Crippen LogP contribution in [0.4, 0.5) is 5.69 Å². The third kappa shape index (κ3) is 6.23. The molecule has 0 bridgehead atoms. The summed E-state index contributed by atoms with van der Waals surface area (Å²) in [5.41, 5.74) is 1.37. The molecule has 0 radical (unpaired) electrons. The monoisotopic (exact) mass is 596 g/mol. The fourth-order valence-corrected chi connectivity index (χ4v) is 4.32. The van der Waals surface area contributed by atoms with Crippen LogP contribution < -0.4 is 20.3 Å². The number of methoxy groups -OCH3 is 1. The Hall–Kier alpha value is -3.69. The molecule has 1 amide bonds. The highest BCUT2D eigenvalue weighted by molar-refractivity contribution is 9.10. The van der Waals surface area contributed by atoms with Gasteiger partial charge in [-0.2, -0.15) is 9.78 Å². The van der Waals surface area contributed by atoms with Crippen LogP contribution in [0.1, 0.15) is 37.6 Å². The van der Waals surface area contributed by atoms with Crippen molar-refractivity contribution in [3.63, 3.8) is 0 Å². The van der Waals surface area contributed by atoms with E-state index in [0.29, 0.717) is 38.8 Å². The number of nitrogens with zero attached hydrogens (tertiary/aromatic N) is 3. The summed E-state index contributed by atoms with van der Waals surface area (Å²) in [5, 5.41) is 8.08. The second kappa shape index (κ2) is 12.2. The molecule has 10 heteroatoms. The van der Waals surface area contributed by atoms with Crippen LogP contribution in [0.15, 0.2) is 75.0 Å². The lowest BCUT2D eigenvalue weighted by Gasteiger charge is -2.15. The minimum Gasteiger partial charge on any atom is -0.493 e. The molecule has 38 heavy (non-hydrogen) atoms. The number of fused-ring (bicyclic) bond motifs is 1. The average molecular weight is 598 g/mol. The number of carbonyl (C=O) groups is 1. The van der Waals surface area contributed by atoms with E-state index in [1.807, 2.05) is 38.1 Å². The van der Waals surface area contributed by atoms with Gasteiger partial charge in [-0.3, -0.25) is 9.59 Å². The first-order valence-electron chi connectivity index (χ1n) is 11.9. The Morgan fingerprint density at radius 2 is 1.97 bits per heavy atom. The lowest BCUT2D eigenvalue weighted by Crippen LogP contribution is -2.24. The predicted octanol–water partition coefficient (Wildman–Crippen LogP) is 6.23. The van der Waals surface area contributed by atoms with Crippen molar-refractivity contribution >= 4 is 56.2 Å². The van der Waals surface area contributed by atoms with Gasteiger partial charge in [-0.05, 0) is 42.8 Å². The summed E-state index contributed by atoms with van der Waals surface area (Å²) >= 11 is 9.74. The van der Waals surface area contributed by atoms with Crippen molar-refractivity contribution in [3.8, 4) is 11.5 Å². The number of nitrogens with one attached hydrogen (secondary N) is 1. The number of halogens is 2. The van der Waals surface area contributed by atoms with E-state index in [4.69, 9.17) is 26.1 Å². The first-order valence-corrected chi connectivity index (χ1v) is 13.1. The van der Waals surface area contributed by atoms with Crippen molar-refractivity contribution < 1.29 is 14.3 Å². The van der Waals surface area contributed by atoms with Gasteiger partial charge in [-0.25, -0.2) is 4.98 Å². The highest BCUT2D eigenvalue weighted by atomic mass is 79.9. The lowest BCUT2D eigenvalue weighted by atomic mass is 10.1. The summed E-state index contributed by atoms with van der Waals surface area (Å²) in [6.45, 7) is 3.73. The largest absolute Gasteiger partial charge is 0.493 e. The molecule has 0 aliphatic heterocycles. The highest BCUT2D eigenvalue weighted by Crippen LogP contribution is 2.34. The maximum Gasteiger partial charge on any atom is 0.282 e. The average Bonchev–Trinajstić information content (AvgIpc) is 2.91. The highest BCUT2D eigenvalue weighted by Gasteiger charge is 2.17. The van der Waals surface area contributed by atoms with Crippen molar-refractivity contribution in [2.24, 2.45) is 5.10 Å². The second-order valence-electron chi connectivity index (χ2n) is 8.53. The van der Waals surface area contributed by atoms with Gasteiger partial charge < -0.3 is 14.8 Å². The number of ether oxygens (including phenoxy) is 2. The molecule has 0 saturated heterocycles. The number of benzene rings is 3. The van der Waals surface area contributed by atoms with Crippen LogP contribution in [0.5, 0.6) is 11.5 Å². The predicted molar refractivity (Wildman–Crippen MR) is 154 cm³/mol. The number of para-hydroxylation sites is 1. The molecular formula is C28H26BrClN4O4. The number of hydrogen-bond acceptors (Lipinski definition) is 6. The van der Waals surface area contributed by atoms with Gasteiger partial charge in [0.15, 0.2) is 18.1 Å². The molecule has 196 valence electrons. The van der Waals surface area contributed by atoms with E-state index in [1.54, 1.807) is 36.4 Å². The maximum atomic E-state index is 13.5. The first-order chi connectivity index (χ1) is 18.3. The van der Waals surface area contributed by atoms with Gasteiger partial charge in [0.25, 0.3) is 11.5 Å². The number of carbonyl (C=O) groups excluding carboxylic acids is 1. The summed E-state index contributed by atoms with van der Waals surface area (Å²) in [5.74, 6) is 0.733. The number of hydrogen-bond donors (Lipinski definition) is 1. The molecule has 1 heterocycles. The van der Waals surface area contributed by atoms with Crippen molar-refractivity contribution in [1.82, 2.24) is 9.66 Å². The lowest BCUT2D eigenvalue weighted by molar-refractivity contribution is -0.118. The molecule has 8 nitrogen and oxygen atoms in total. The Kier molecular flexibility index (Phi) is 8.81. The van der Waals surface area contributed by atoms with Crippen LogP contribution in [-0.2, 0) is 4.79 Å². The summed E-state index contributed by atoms with van der Waals surface area (Å²) in [4.78, 5) is 30.7. The van der Waals surface area contributed by atoms with E-state index in [9.17, 15) is 9.59 Å². The van der Waals surface area contributed by atoms with Crippen LogP contribution in [0.3, 0.4) is 0 Å². The van der Waals surface area contributed by atoms with Gasteiger partial charge in [0.1, 0.15) is 5.82 Å². The van der Waals surface area contributed by atoms with Gasteiger partial charge >= 0.3 is 0 Å². The number of aromatic nitrogens is 2. The Morgan fingerprint density at radius 3 is 2.68 bits per heavy atom. The SMILES string of the molecule is CC[C@@H](C)c1nc2ccc(Br)cc2c(=O)n1N=Cc1cc(Cl)cc(OC)c1OCC(=O)Nc1ccccc1. The van der Waals surface area contributed by atoms with Crippen LogP contribution in [0.2, 0.25) is 5.02 Å². The zero-order chi connectivity index (χ0) is 27.2. The molecule has 1 aromatic heterocycles. The Balaban J connectivity index is 1.72. The molecule has 0 unspecified atom stereocenters. The van der Waals surface area contributed by atoms with E-state index >= 15 is 0 Å². The fourth-order valence-electron chi connectivity index (χ4n) is 3.75. The van der Waals surface area contributed by atoms with Crippen LogP contribution in [0, 0.1) is 0 Å². The summed E-state index contributed by atoms with van der Waals surface area (Å²) in [7, 11) is 1.47. The quantitative estimate of drug-likeness (QED) is 0.231.